The van der Waals surface area contributed by atoms with Crippen molar-refractivity contribution in [3.8, 4) is 0 Å². The van der Waals surface area contributed by atoms with E-state index in [4.69, 9.17) is 75.8 Å². The monoisotopic (exact) mass is 900 g/mol. The SMILES string of the molecule is OC[C@H]1O[C@@H]2O[C@H]3[C@@H]4OC[C@H]3O[C@H](O[C@H]3[C@@H]5OC[C@H]3O[C@H](O[C@H]3[C@@H]6OC[C@H]3O[C@H](O[C@H]3[C@H](O)[C@@H](O)[C@@H](O[C@H]7[C@@H]8OC[C@H]7O[C@H](O[C@H]1[C@H](O)[C@H]2O)[C@@H]8O)O[C@@H]3CO)[C@@H]6O)[C@@H]5O)[C@@H]4O. The normalized spacial score (nSPS) is 60.9. The highest BCUT2D eigenvalue weighted by molar-refractivity contribution is 5.05. The summed E-state index contributed by atoms with van der Waals surface area (Å²) < 4.78 is 95.5. The molecule has 0 saturated carbocycles. The maximum atomic E-state index is 11.4. The van der Waals surface area contributed by atoms with Gasteiger partial charge in [-0.15, -0.1) is 0 Å². The molecule has 62 heavy (non-hydrogen) atoms. The van der Waals surface area contributed by atoms with Crippen molar-refractivity contribution in [3.63, 3.8) is 0 Å². The Balaban J connectivity index is 0.859. The highest BCUT2D eigenvalue weighted by Gasteiger charge is 2.63. The minimum atomic E-state index is -1.82. The summed E-state index contributed by atoms with van der Waals surface area (Å²) in [6.07, 6.45) is -40.1. The maximum absolute atomic E-state index is 11.4. The largest absolute Gasteiger partial charge is 0.394 e. The number of hydrogen-bond donors (Lipinski definition) is 10. The summed E-state index contributed by atoms with van der Waals surface area (Å²) in [7, 11) is 0. The van der Waals surface area contributed by atoms with E-state index in [9.17, 15) is 51.1 Å². The van der Waals surface area contributed by atoms with E-state index in [1.807, 2.05) is 0 Å². The minimum Gasteiger partial charge on any atom is -0.394 e. The molecule has 20 bridgehead atoms. The Morgan fingerprint density at radius 2 is 0.500 bits per heavy atom. The number of rotatable bonds is 2. The average molecular weight is 901 g/mol. The van der Waals surface area contributed by atoms with E-state index in [2.05, 4.69) is 0 Å². The van der Waals surface area contributed by atoms with Crippen molar-refractivity contribution >= 4 is 0 Å². The predicted molar refractivity (Wildman–Crippen MR) is 182 cm³/mol. The molecule has 26 heteroatoms. The fourth-order valence-electron chi connectivity index (χ4n) is 10.4. The Kier molecular flexibility index (Phi) is 11.9. The lowest BCUT2D eigenvalue weighted by molar-refractivity contribution is -0.382. The molecule has 352 valence electrons. The number of hydrogen-bond acceptors (Lipinski definition) is 26. The molecule has 0 spiro atoms. The number of aliphatic hydroxyl groups is 10. The molecule has 0 aromatic heterocycles. The molecule has 28 aliphatic rings. The lowest BCUT2D eigenvalue weighted by Crippen LogP contribution is -2.66. The summed E-state index contributed by atoms with van der Waals surface area (Å²) in [5.74, 6) is 0. The smallest absolute Gasteiger partial charge is 0.187 e. The Bertz CT molecular complexity index is 1580. The summed E-state index contributed by atoms with van der Waals surface area (Å²) in [5, 5.41) is 111. The molecule has 30 atom stereocenters. The van der Waals surface area contributed by atoms with Crippen LogP contribution in [0.5, 0.6) is 0 Å². The number of ether oxygens (including phenoxy) is 16. The van der Waals surface area contributed by atoms with Gasteiger partial charge in [-0.3, -0.25) is 0 Å². The van der Waals surface area contributed by atoms with Crippen molar-refractivity contribution in [2.75, 3.05) is 39.6 Å². The van der Waals surface area contributed by atoms with E-state index in [-0.39, 0.29) is 26.4 Å². The Labute approximate surface area is 350 Å². The van der Waals surface area contributed by atoms with Crippen LogP contribution in [0.25, 0.3) is 0 Å². The van der Waals surface area contributed by atoms with E-state index < -0.39 is 197 Å². The summed E-state index contributed by atoms with van der Waals surface area (Å²) in [6, 6.07) is 0. The van der Waals surface area contributed by atoms with Gasteiger partial charge in [-0.1, -0.05) is 0 Å². The molecule has 28 aliphatic heterocycles. The Morgan fingerprint density at radius 3 is 0.758 bits per heavy atom. The van der Waals surface area contributed by atoms with Crippen molar-refractivity contribution in [1.29, 1.82) is 0 Å². The maximum Gasteiger partial charge on any atom is 0.187 e. The van der Waals surface area contributed by atoms with Crippen molar-refractivity contribution < 1.29 is 127 Å². The van der Waals surface area contributed by atoms with Gasteiger partial charge in [-0.25, -0.2) is 0 Å². The number of aliphatic hydroxyl groups excluding tert-OH is 10. The van der Waals surface area contributed by atoms with E-state index in [1.54, 1.807) is 0 Å². The third kappa shape index (κ3) is 7.11. The van der Waals surface area contributed by atoms with E-state index >= 15 is 0 Å². The molecule has 0 aromatic carbocycles. The molecular formula is C36H52O26. The molecule has 10 N–H and O–H groups in total. The molecule has 0 aliphatic carbocycles. The quantitative estimate of drug-likeness (QED) is 0.123. The van der Waals surface area contributed by atoms with Crippen LogP contribution in [-0.4, -0.2) is 275 Å². The van der Waals surface area contributed by atoms with Gasteiger partial charge in [0.2, 0.25) is 0 Å². The first-order chi connectivity index (χ1) is 29.9. The van der Waals surface area contributed by atoms with Crippen LogP contribution < -0.4 is 0 Å². The molecule has 28 fully saturated rings. The highest BCUT2D eigenvalue weighted by atomic mass is 16.8. The zero-order chi connectivity index (χ0) is 42.9. The molecule has 28 saturated heterocycles. The van der Waals surface area contributed by atoms with Crippen molar-refractivity contribution in [2.45, 2.75) is 184 Å². The van der Waals surface area contributed by atoms with Gasteiger partial charge in [0.05, 0.1) is 39.6 Å². The van der Waals surface area contributed by atoms with Gasteiger partial charge in [0.1, 0.15) is 146 Å². The standard InChI is InChI=1S/C36H52O26/c37-1-7-21-14(40)16(42)32(52-7)60-24-10-4-49-29(24)19(45)35(55-10)62-26-12-6-50-30(26)20(46)36(56-12)61-25-11-5-48-28(25)18(44)34(54-11)58-22-8(2-38)51-31(15(41)13(22)39)59-23-9-3-47-27(23)17(43)33(53-9)57-21/h7-46H,1-6H2/t7-,8-,9-,10-,11-,12-,13-,14-,15-,16-,17-,18-,19-,20-,21-,22-,23-,24-,25-,26-,27-,28-,29-,30-,31-,32-,33-,34-,35-,36-/m1/s1. The van der Waals surface area contributed by atoms with Crippen LogP contribution in [0.4, 0.5) is 0 Å². The van der Waals surface area contributed by atoms with Crippen LogP contribution in [0.2, 0.25) is 0 Å². The van der Waals surface area contributed by atoms with Crippen LogP contribution in [0.1, 0.15) is 0 Å². The molecule has 28 heterocycles. The Hall–Kier alpha value is -1.04. The van der Waals surface area contributed by atoms with Crippen molar-refractivity contribution in [1.82, 2.24) is 0 Å². The fourth-order valence-corrected chi connectivity index (χ4v) is 10.4. The van der Waals surface area contributed by atoms with Gasteiger partial charge >= 0.3 is 0 Å². The zero-order valence-corrected chi connectivity index (χ0v) is 32.6. The van der Waals surface area contributed by atoms with Gasteiger partial charge in [-0.2, -0.15) is 0 Å². The summed E-state index contributed by atoms with van der Waals surface area (Å²) in [4.78, 5) is 0. The van der Waals surface area contributed by atoms with E-state index in [0.717, 1.165) is 0 Å². The molecule has 0 aromatic rings. The third-order valence-electron chi connectivity index (χ3n) is 13.7. The third-order valence-corrected chi connectivity index (χ3v) is 13.7. The average Bonchev–Trinajstić information content (AvgIpc) is 3.96. The molecule has 28 rings (SSSR count). The highest BCUT2D eigenvalue weighted by Crippen LogP contribution is 2.43. The first-order valence-corrected chi connectivity index (χ1v) is 20.9. The molecule has 0 unspecified atom stereocenters. The van der Waals surface area contributed by atoms with Crippen molar-refractivity contribution in [2.24, 2.45) is 0 Å². The minimum absolute atomic E-state index is 0.0276. The van der Waals surface area contributed by atoms with Gasteiger partial charge in [0.25, 0.3) is 0 Å². The van der Waals surface area contributed by atoms with Gasteiger partial charge in [-0.05, 0) is 0 Å². The van der Waals surface area contributed by atoms with Crippen LogP contribution in [0.15, 0.2) is 0 Å². The molecule has 0 radical (unpaired) electrons. The van der Waals surface area contributed by atoms with Gasteiger partial charge in [0.15, 0.2) is 37.7 Å². The van der Waals surface area contributed by atoms with E-state index in [0.29, 0.717) is 0 Å². The second kappa shape index (κ2) is 16.9. The van der Waals surface area contributed by atoms with E-state index in [1.165, 1.54) is 0 Å². The summed E-state index contributed by atoms with van der Waals surface area (Å²) in [5.41, 5.74) is 0. The lowest BCUT2D eigenvalue weighted by atomic mass is 9.96. The fraction of sp³-hybridized carbons (Fsp3) is 1.00. The van der Waals surface area contributed by atoms with Crippen molar-refractivity contribution in [3.05, 3.63) is 0 Å². The Morgan fingerprint density at radius 1 is 0.258 bits per heavy atom. The topological polar surface area (TPSA) is 350 Å². The predicted octanol–water partition coefficient (Wildman–Crippen LogP) is -8.87. The second-order valence-corrected chi connectivity index (χ2v) is 17.3. The first kappa shape index (κ1) is 43.5. The summed E-state index contributed by atoms with van der Waals surface area (Å²) in [6.45, 7) is -1.81. The van der Waals surface area contributed by atoms with Gasteiger partial charge < -0.3 is 127 Å². The lowest BCUT2D eigenvalue weighted by Gasteiger charge is -2.48. The second-order valence-electron chi connectivity index (χ2n) is 17.3. The summed E-state index contributed by atoms with van der Waals surface area (Å²) >= 11 is 0. The zero-order valence-electron chi connectivity index (χ0n) is 32.6. The first-order valence-electron chi connectivity index (χ1n) is 20.9. The van der Waals surface area contributed by atoms with Crippen LogP contribution in [0, 0.1) is 0 Å². The molecular weight excluding hydrogens is 848 g/mol. The molecule has 26 nitrogen and oxygen atoms in total. The van der Waals surface area contributed by atoms with Crippen LogP contribution >= 0.6 is 0 Å². The van der Waals surface area contributed by atoms with Crippen LogP contribution in [0.3, 0.4) is 0 Å². The van der Waals surface area contributed by atoms with Gasteiger partial charge in [0, 0.05) is 0 Å². The molecule has 0 amide bonds. The van der Waals surface area contributed by atoms with Crippen LogP contribution in [-0.2, 0) is 75.8 Å².